The van der Waals surface area contributed by atoms with Crippen molar-refractivity contribution in [3.8, 4) is 17.1 Å². The molecule has 0 aliphatic carbocycles. The normalized spacial score (nSPS) is 11.1. The Balaban J connectivity index is 1.68. The van der Waals surface area contributed by atoms with Crippen LogP contribution in [0.25, 0.3) is 22.3 Å². The zero-order valence-electron chi connectivity index (χ0n) is 18.0. The summed E-state index contributed by atoms with van der Waals surface area (Å²) in [6.45, 7) is -0.966. The monoisotopic (exact) mass is 449 g/mol. The van der Waals surface area contributed by atoms with E-state index in [9.17, 15) is 18.4 Å². The summed E-state index contributed by atoms with van der Waals surface area (Å²) in [6, 6.07) is 20.2. The lowest BCUT2D eigenvalue weighted by molar-refractivity contribution is -0.0498. The topological polar surface area (TPSA) is 59.8 Å². The van der Waals surface area contributed by atoms with Crippen molar-refractivity contribution in [1.82, 2.24) is 4.90 Å². The van der Waals surface area contributed by atoms with Crippen LogP contribution in [-0.2, 0) is 6.54 Å². The molecule has 33 heavy (non-hydrogen) atoms. The number of alkyl halides is 2. The van der Waals surface area contributed by atoms with Crippen LogP contribution in [0, 0.1) is 6.92 Å². The van der Waals surface area contributed by atoms with Crippen molar-refractivity contribution in [2.75, 3.05) is 7.05 Å². The minimum atomic E-state index is -2.90. The first-order valence-electron chi connectivity index (χ1n) is 10.3. The van der Waals surface area contributed by atoms with Crippen LogP contribution < -0.4 is 10.2 Å². The summed E-state index contributed by atoms with van der Waals surface area (Å²) in [4.78, 5) is 27.7. The minimum absolute atomic E-state index is 0.0439. The van der Waals surface area contributed by atoms with Crippen LogP contribution in [0.3, 0.4) is 0 Å². The number of hydrogen-bond acceptors (Lipinski definition) is 4. The van der Waals surface area contributed by atoms with Gasteiger partial charge in [-0.25, -0.2) is 0 Å². The molecule has 4 rings (SSSR count). The van der Waals surface area contributed by atoms with Gasteiger partial charge in [-0.05, 0) is 36.8 Å². The highest BCUT2D eigenvalue weighted by molar-refractivity contribution is 6.05. The summed E-state index contributed by atoms with van der Waals surface area (Å²) in [5.41, 5.74) is 2.25. The summed E-state index contributed by atoms with van der Waals surface area (Å²) in [5.74, 6) is 0.132. The van der Waals surface area contributed by atoms with Gasteiger partial charge in [-0.15, -0.1) is 0 Å². The number of amides is 1. The van der Waals surface area contributed by atoms with Crippen LogP contribution in [-0.4, -0.2) is 24.5 Å². The van der Waals surface area contributed by atoms with E-state index in [-0.39, 0.29) is 34.8 Å². The van der Waals surface area contributed by atoms with E-state index < -0.39 is 6.61 Å². The number of nitrogens with zero attached hydrogens (tertiary/aromatic N) is 1. The summed E-state index contributed by atoms with van der Waals surface area (Å²) >= 11 is 0. The number of carbonyl (C=O) groups excluding carboxylic acids is 1. The molecule has 0 aliphatic rings. The first kappa shape index (κ1) is 22.2. The van der Waals surface area contributed by atoms with E-state index in [1.807, 2.05) is 30.3 Å². The summed E-state index contributed by atoms with van der Waals surface area (Å²) in [7, 11) is 1.62. The SMILES string of the molecule is Cc1c(-c2ccccc2)oc2c(C(=O)N(C)Cc3ccc(OC(F)F)cc3)cccc2c1=O. The molecule has 3 aromatic carbocycles. The third kappa shape index (κ3) is 4.62. The Morgan fingerprint density at radius 1 is 1.00 bits per heavy atom. The maximum absolute atomic E-state index is 13.3. The molecule has 0 saturated heterocycles. The van der Waals surface area contributed by atoms with Crippen LogP contribution in [0.2, 0.25) is 0 Å². The van der Waals surface area contributed by atoms with Gasteiger partial charge in [-0.3, -0.25) is 9.59 Å². The second-order valence-electron chi connectivity index (χ2n) is 7.62. The third-order valence-electron chi connectivity index (χ3n) is 5.33. The van der Waals surface area contributed by atoms with Crippen molar-refractivity contribution in [2.24, 2.45) is 0 Å². The van der Waals surface area contributed by atoms with Gasteiger partial charge < -0.3 is 14.1 Å². The van der Waals surface area contributed by atoms with E-state index in [0.29, 0.717) is 16.7 Å². The van der Waals surface area contributed by atoms with Crippen LogP contribution >= 0.6 is 0 Å². The van der Waals surface area contributed by atoms with Gasteiger partial charge in [-0.1, -0.05) is 48.5 Å². The second-order valence-corrected chi connectivity index (χ2v) is 7.62. The molecular formula is C26H21F2NO4. The molecule has 1 aromatic heterocycles. The molecule has 0 fully saturated rings. The Bertz CT molecular complexity index is 1350. The van der Waals surface area contributed by atoms with Gasteiger partial charge in [0.1, 0.15) is 11.5 Å². The second kappa shape index (κ2) is 9.24. The number of hydrogen-bond donors (Lipinski definition) is 0. The lowest BCUT2D eigenvalue weighted by Gasteiger charge is -2.18. The lowest BCUT2D eigenvalue weighted by Crippen LogP contribution is -2.26. The number of benzene rings is 3. The van der Waals surface area contributed by atoms with Crippen molar-refractivity contribution >= 4 is 16.9 Å². The highest BCUT2D eigenvalue weighted by Crippen LogP contribution is 2.28. The number of rotatable bonds is 6. The van der Waals surface area contributed by atoms with Crippen LogP contribution in [0.1, 0.15) is 21.5 Å². The molecule has 7 heteroatoms. The molecule has 4 aromatic rings. The summed E-state index contributed by atoms with van der Waals surface area (Å²) < 4.78 is 35.2. The molecule has 168 valence electrons. The van der Waals surface area contributed by atoms with E-state index in [4.69, 9.17) is 4.42 Å². The largest absolute Gasteiger partial charge is 0.455 e. The molecule has 0 saturated carbocycles. The molecule has 0 spiro atoms. The first-order valence-corrected chi connectivity index (χ1v) is 10.3. The molecule has 5 nitrogen and oxygen atoms in total. The van der Waals surface area contributed by atoms with Gasteiger partial charge in [-0.2, -0.15) is 8.78 Å². The van der Waals surface area contributed by atoms with Gasteiger partial charge in [0, 0.05) is 24.7 Å². The third-order valence-corrected chi connectivity index (χ3v) is 5.33. The van der Waals surface area contributed by atoms with E-state index >= 15 is 0 Å². The quantitative estimate of drug-likeness (QED) is 0.382. The van der Waals surface area contributed by atoms with Crippen molar-refractivity contribution < 1.29 is 22.7 Å². The Hall–Kier alpha value is -4.00. The van der Waals surface area contributed by atoms with Gasteiger partial charge in [0.25, 0.3) is 5.91 Å². The fraction of sp³-hybridized carbons (Fsp3) is 0.154. The standard InChI is InChI=1S/C26H21F2NO4/c1-16-22(30)20-9-6-10-21(24(20)33-23(16)18-7-4-3-5-8-18)25(31)29(2)15-17-11-13-19(14-12-17)32-26(27)28/h3-14,26H,15H2,1-2H3. The highest BCUT2D eigenvalue weighted by Gasteiger charge is 2.20. The fourth-order valence-corrected chi connectivity index (χ4v) is 3.67. The van der Waals surface area contributed by atoms with Gasteiger partial charge in [0.2, 0.25) is 0 Å². The average molecular weight is 449 g/mol. The molecule has 0 atom stereocenters. The predicted molar refractivity (Wildman–Crippen MR) is 122 cm³/mol. The van der Waals surface area contributed by atoms with Crippen LogP contribution in [0.5, 0.6) is 5.75 Å². The minimum Gasteiger partial charge on any atom is -0.455 e. The first-order chi connectivity index (χ1) is 15.8. The van der Waals surface area contributed by atoms with E-state index in [0.717, 1.165) is 11.1 Å². The number of fused-ring (bicyclic) bond motifs is 1. The molecule has 1 heterocycles. The number of para-hydroxylation sites is 1. The van der Waals surface area contributed by atoms with E-state index in [1.54, 1.807) is 44.3 Å². The number of halogens is 2. The van der Waals surface area contributed by atoms with Crippen LogP contribution in [0.4, 0.5) is 8.78 Å². The maximum atomic E-state index is 13.3. The summed E-state index contributed by atoms with van der Waals surface area (Å²) in [6.07, 6.45) is 0. The smallest absolute Gasteiger partial charge is 0.387 e. The molecule has 1 amide bonds. The maximum Gasteiger partial charge on any atom is 0.387 e. The zero-order chi connectivity index (χ0) is 23.5. The molecule has 0 unspecified atom stereocenters. The highest BCUT2D eigenvalue weighted by atomic mass is 19.3. The Labute approximate surface area is 188 Å². The molecular weight excluding hydrogens is 428 g/mol. The van der Waals surface area contributed by atoms with Crippen molar-refractivity contribution in [2.45, 2.75) is 20.1 Å². The molecule has 0 bridgehead atoms. The van der Waals surface area contributed by atoms with Crippen LogP contribution in [0.15, 0.2) is 82.0 Å². The number of ether oxygens (including phenoxy) is 1. The average Bonchev–Trinajstić information content (AvgIpc) is 2.82. The molecule has 0 N–H and O–H groups in total. The summed E-state index contributed by atoms with van der Waals surface area (Å²) in [5, 5.41) is 0.333. The Morgan fingerprint density at radius 2 is 1.70 bits per heavy atom. The fourth-order valence-electron chi connectivity index (χ4n) is 3.67. The van der Waals surface area contributed by atoms with E-state index in [1.165, 1.54) is 17.0 Å². The Morgan fingerprint density at radius 3 is 2.36 bits per heavy atom. The van der Waals surface area contributed by atoms with Gasteiger partial charge in [0.15, 0.2) is 11.0 Å². The Kier molecular flexibility index (Phi) is 6.22. The van der Waals surface area contributed by atoms with Crippen molar-refractivity contribution in [1.29, 1.82) is 0 Å². The van der Waals surface area contributed by atoms with E-state index in [2.05, 4.69) is 4.74 Å². The van der Waals surface area contributed by atoms with Crippen molar-refractivity contribution in [3.63, 3.8) is 0 Å². The molecule has 0 radical (unpaired) electrons. The van der Waals surface area contributed by atoms with Gasteiger partial charge >= 0.3 is 6.61 Å². The predicted octanol–water partition coefficient (Wildman–Crippen LogP) is 5.64. The van der Waals surface area contributed by atoms with Gasteiger partial charge in [0.05, 0.1) is 10.9 Å². The van der Waals surface area contributed by atoms with Crippen molar-refractivity contribution in [3.05, 3.63) is 99.7 Å². The lowest BCUT2D eigenvalue weighted by atomic mass is 10.0. The number of carbonyl (C=O) groups is 1. The zero-order valence-corrected chi connectivity index (χ0v) is 18.0. The molecule has 0 aliphatic heterocycles.